The zero-order valence-corrected chi connectivity index (χ0v) is 11.9. The lowest BCUT2D eigenvalue weighted by Crippen LogP contribution is -2.57. The molecule has 0 amide bonds. The van der Waals surface area contributed by atoms with Crippen molar-refractivity contribution in [3.8, 4) is 0 Å². The van der Waals surface area contributed by atoms with Crippen LogP contribution >= 0.6 is 0 Å². The highest BCUT2D eigenvalue weighted by Gasteiger charge is 2.60. The Hall–Kier alpha value is -0.210. The smallest absolute Gasteiger partial charge is 0.288 e. The lowest BCUT2D eigenvalue weighted by Gasteiger charge is -2.56. The predicted molar refractivity (Wildman–Crippen MR) is 64.4 cm³/mol. The molecular weight excluding hydrogens is 295 g/mol. The van der Waals surface area contributed by atoms with Gasteiger partial charge in [0.2, 0.25) is 9.84 Å². The van der Waals surface area contributed by atoms with Crippen LogP contribution in [-0.4, -0.2) is 31.0 Å². The van der Waals surface area contributed by atoms with Crippen LogP contribution in [0.25, 0.3) is 0 Å². The first kappa shape index (κ1) is 13.8. The van der Waals surface area contributed by atoms with E-state index in [4.69, 9.17) is 0 Å². The molecule has 0 aliphatic heterocycles. The lowest BCUT2D eigenvalue weighted by atomic mass is 9.56. The molecule has 0 heterocycles. The summed E-state index contributed by atoms with van der Waals surface area (Å²) in [5, 5.41) is 0. The van der Waals surface area contributed by atoms with Crippen molar-refractivity contribution in [3.63, 3.8) is 0 Å². The van der Waals surface area contributed by atoms with Gasteiger partial charge in [-0.1, -0.05) is 0 Å². The molecule has 0 N–H and O–H groups in total. The minimum absolute atomic E-state index is 0.239. The van der Waals surface area contributed by atoms with Crippen molar-refractivity contribution < 1.29 is 25.8 Å². The van der Waals surface area contributed by atoms with Gasteiger partial charge in [-0.3, -0.25) is 0 Å². The van der Waals surface area contributed by atoms with Crippen LogP contribution in [0.2, 0.25) is 0 Å². The topological polar surface area (TPSA) is 91.3 Å². The second kappa shape index (κ2) is 3.92. The molecule has 0 radical (unpaired) electrons. The number of halogens is 1. The number of sulfone groups is 1. The maximum absolute atomic E-state index is 13.7. The highest BCUT2D eigenvalue weighted by Crippen LogP contribution is 2.59. The fraction of sp³-hybridized carbons (Fsp3) is 1.00. The lowest BCUT2D eigenvalue weighted by molar-refractivity contribution is 0.0331. The van der Waals surface area contributed by atoms with Crippen LogP contribution in [0.5, 0.6) is 0 Å². The first-order chi connectivity index (χ1) is 8.64. The van der Waals surface area contributed by atoms with Gasteiger partial charge in [-0.25, -0.2) is 21.2 Å². The summed E-state index contributed by atoms with van der Waals surface area (Å²) < 4.78 is 69.2. The summed E-state index contributed by atoms with van der Waals surface area (Å²) in [6, 6.07) is 0. The van der Waals surface area contributed by atoms with E-state index in [1.165, 1.54) is 0 Å². The fourth-order valence-corrected chi connectivity index (χ4v) is 8.38. The van der Waals surface area contributed by atoms with Gasteiger partial charge >= 0.3 is 0 Å². The van der Waals surface area contributed by atoms with Gasteiger partial charge in [0.15, 0.2) is 0 Å². The van der Waals surface area contributed by atoms with Gasteiger partial charge in [0.05, 0.1) is 4.75 Å². The summed E-state index contributed by atoms with van der Waals surface area (Å²) in [7, 11) is -10.0. The van der Waals surface area contributed by atoms with E-state index < -0.39 is 29.5 Å². The molecular formula is C11H16FO5S2-. The molecule has 0 aromatic rings. The molecule has 1 unspecified atom stereocenters. The van der Waals surface area contributed by atoms with Crippen molar-refractivity contribution >= 4 is 20.0 Å². The highest BCUT2D eigenvalue weighted by atomic mass is 32.3. The molecule has 4 fully saturated rings. The third-order valence-corrected chi connectivity index (χ3v) is 9.17. The van der Waals surface area contributed by atoms with Gasteiger partial charge in [0, 0.05) is 0 Å². The molecule has 4 saturated carbocycles. The van der Waals surface area contributed by atoms with Crippen LogP contribution in [-0.2, 0) is 20.0 Å². The highest BCUT2D eigenvalue weighted by molar-refractivity contribution is 8.07. The van der Waals surface area contributed by atoms with E-state index in [0.717, 1.165) is 19.3 Å². The summed E-state index contributed by atoms with van der Waals surface area (Å²) in [4.78, 5) is -3.31. The molecule has 0 aromatic heterocycles. The van der Waals surface area contributed by atoms with Crippen LogP contribution in [0.1, 0.15) is 38.5 Å². The van der Waals surface area contributed by atoms with Gasteiger partial charge in [-0.15, -0.1) is 0 Å². The van der Waals surface area contributed by atoms with Crippen LogP contribution < -0.4 is 0 Å². The maximum Gasteiger partial charge on any atom is 0.288 e. The fourth-order valence-electron chi connectivity index (χ4n) is 4.73. The Morgan fingerprint density at radius 2 is 1.32 bits per heavy atom. The van der Waals surface area contributed by atoms with Crippen molar-refractivity contribution in [2.24, 2.45) is 17.8 Å². The van der Waals surface area contributed by atoms with E-state index in [9.17, 15) is 25.8 Å². The van der Waals surface area contributed by atoms with Gasteiger partial charge in [-0.2, -0.15) is 0 Å². The third kappa shape index (κ3) is 1.94. The van der Waals surface area contributed by atoms with Crippen molar-refractivity contribution in [3.05, 3.63) is 0 Å². The molecule has 0 spiro atoms. The molecule has 8 heteroatoms. The molecule has 0 aromatic carbocycles. The van der Waals surface area contributed by atoms with E-state index in [2.05, 4.69) is 0 Å². The summed E-state index contributed by atoms with van der Waals surface area (Å²) in [6.07, 6.45) is 3.81. The quantitative estimate of drug-likeness (QED) is 0.730. The predicted octanol–water partition coefficient (Wildman–Crippen LogP) is 1.17. The van der Waals surface area contributed by atoms with Crippen LogP contribution in [0, 0.1) is 17.8 Å². The third-order valence-electron chi connectivity index (χ3n) is 5.06. The molecule has 110 valence electrons. The van der Waals surface area contributed by atoms with Crippen LogP contribution in [0.15, 0.2) is 0 Å². The molecule has 4 aliphatic rings. The van der Waals surface area contributed by atoms with E-state index in [1.54, 1.807) is 0 Å². The van der Waals surface area contributed by atoms with E-state index in [0.29, 0.717) is 19.3 Å². The Morgan fingerprint density at radius 1 is 0.947 bits per heavy atom. The number of hydrogen-bond acceptors (Lipinski definition) is 5. The van der Waals surface area contributed by atoms with Crippen molar-refractivity contribution in [2.75, 3.05) is 0 Å². The Kier molecular flexibility index (Phi) is 2.84. The SMILES string of the molecule is O=S(=O)([O-])C(F)S(=O)(=O)C12CC3CC(CC(C3)C1)C2. The summed E-state index contributed by atoms with van der Waals surface area (Å²) >= 11 is 0. The minimum atomic E-state index is -5.46. The monoisotopic (exact) mass is 311 g/mol. The van der Waals surface area contributed by atoms with Crippen LogP contribution in [0.4, 0.5) is 4.39 Å². The summed E-state index contributed by atoms with van der Waals surface area (Å²) in [6.45, 7) is 0. The van der Waals surface area contributed by atoms with E-state index >= 15 is 0 Å². The second-order valence-corrected chi connectivity index (χ2v) is 10.5. The maximum atomic E-state index is 13.7. The molecule has 1 atom stereocenters. The van der Waals surface area contributed by atoms with Crippen LogP contribution in [0.3, 0.4) is 0 Å². The number of alkyl halides is 1. The Balaban J connectivity index is 2.02. The second-order valence-electron chi connectivity index (χ2n) is 6.41. The normalized spacial score (nSPS) is 43.4. The molecule has 5 nitrogen and oxygen atoms in total. The Morgan fingerprint density at radius 3 is 1.63 bits per heavy atom. The Bertz CT molecular complexity index is 559. The van der Waals surface area contributed by atoms with Gasteiger partial charge in [0.25, 0.3) is 4.84 Å². The summed E-state index contributed by atoms with van der Waals surface area (Å²) in [5.41, 5.74) is 0. The zero-order chi connectivity index (χ0) is 14.1. The zero-order valence-electron chi connectivity index (χ0n) is 10.3. The first-order valence-corrected chi connectivity index (χ1v) is 9.48. The van der Waals surface area contributed by atoms with Crippen molar-refractivity contribution in [1.82, 2.24) is 0 Å². The van der Waals surface area contributed by atoms with Crippen molar-refractivity contribution in [1.29, 1.82) is 0 Å². The average molecular weight is 311 g/mol. The molecule has 4 bridgehead atoms. The number of hydrogen-bond donors (Lipinski definition) is 0. The standard InChI is InChI=1S/C11H17FO5S2/c12-10(19(15,16)17)18(13,14)11-4-7-1-8(5-11)3-9(2-7)6-11/h7-10H,1-6H2,(H,15,16,17)/p-1. The largest absolute Gasteiger partial charge is 0.745 e. The van der Waals surface area contributed by atoms with Crippen molar-refractivity contribution in [2.45, 2.75) is 48.1 Å². The molecule has 19 heavy (non-hydrogen) atoms. The average Bonchev–Trinajstić information content (AvgIpc) is 2.24. The van der Waals surface area contributed by atoms with Gasteiger partial charge in [-0.05, 0) is 56.3 Å². The van der Waals surface area contributed by atoms with Gasteiger partial charge in [0.1, 0.15) is 10.1 Å². The molecule has 4 rings (SSSR count). The van der Waals surface area contributed by atoms with Gasteiger partial charge < -0.3 is 4.55 Å². The van der Waals surface area contributed by atoms with E-state index in [1.807, 2.05) is 0 Å². The molecule has 4 aliphatic carbocycles. The molecule has 0 saturated heterocycles. The number of rotatable bonds is 3. The summed E-state index contributed by atoms with van der Waals surface area (Å²) in [5.74, 6) is 0.716. The van der Waals surface area contributed by atoms with E-state index in [-0.39, 0.29) is 17.8 Å². The minimum Gasteiger partial charge on any atom is -0.745 e. The first-order valence-electron chi connectivity index (χ1n) is 6.46. The Labute approximate surface area is 112 Å².